The van der Waals surface area contributed by atoms with E-state index in [0.29, 0.717) is 35.8 Å². The monoisotopic (exact) mass is 398 g/mol. The maximum atomic E-state index is 13.0. The first-order chi connectivity index (χ1) is 14.7. The molecule has 0 aromatic heterocycles. The number of rotatable bonds is 6. The van der Waals surface area contributed by atoms with Crippen LogP contribution in [-0.2, 0) is 16.9 Å². The highest BCUT2D eigenvalue weighted by molar-refractivity contribution is 6.00. The van der Waals surface area contributed by atoms with Crippen molar-refractivity contribution in [3.05, 3.63) is 90.0 Å². The Morgan fingerprint density at radius 3 is 2.37 bits per heavy atom. The average molecular weight is 398 g/mol. The summed E-state index contributed by atoms with van der Waals surface area (Å²) in [6.07, 6.45) is 0.657. The van der Waals surface area contributed by atoms with Gasteiger partial charge >= 0.3 is 0 Å². The van der Waals surface area contributed by atoms with Crippen LogP contribution in [0.25, 0.3) is 0 Å². The summed E-state index contributed by atoms with van der Waals surface area (Å²) in [4.78, 5) is 14.5. The van der Waals surface area contributed by atoms with Crippen LogP contribution in [-0.4, -0.2) is 13.0 Å². The van der Waals surface area contributed by atoms with E-state index in [1.54, 1.807) is 18.1 Å². The lowest BCUT2D eigenvalue weighted by Gasteiger charge is -2.34. The van der Waals surface area contributed by atoms with Gasteiger partial charge in [0.1, 0.15) is 18.1 Å². The van der Waals surface area contributed by atoms with Crippen molar-refractivity contribution in [3.63, 3.8) is 0 Å². The number of hydrogen-bond acceptors (Lipinski definition) is 4. The van der Waals surface area contributed by atoms with E-state index in [0.717, 1.165) is 5.56 Å². The minimum atomic E-state index is -1.17. The van der Waals surface area contributed by atoms with Gasteiger partial charge in [0.2, 0.25) is 5.91 Å². The summed E-state index contributed by atoms with van der Waals surface area (Å²) < 4.78 is 11.6. The Balaban J connectivity index is 1.77. The Kier molecular flexibility index (Phi) is 5.40. The van der Waals surface area contributed by atoms with Gasteiger partial charge in [-0.25, -0.2) is 0 Å². The molecular weight excluding hydrogens is 376 g/mol. The first-order valence-electron chi connectivity index (χ1n) is 9.83. The maximum Gasteiger partial charge on any atom is 0.228 e. The number of para-hydroxylation sites is 3. The van der Waals surface area contributed by atoms with Crippen LogP contribution in [0.15, 0.2) is 78.9 Å². The van der Waals surface area contributed by atoms with Crippen molar-refractivity contribution in [2.75, 3.05) is 12.0 Å². The second-order valence-electron chi connectivity index (χ2n) is 7.14. The third-order valence-electron chi connectivity index (χ3n) is 5.41. The summed E-state index contributed by atoms with van der Waals surface area (Å²) in [7, 11) is 1.56. The highest BCUT2D eigenvalue weighted by atomic mass is 16.5. The Morgan fingerprint density at radius 2 is 1.63 bits per heavy atom. The Hall–Kier alpha value is -3.78. The lowest BCUT2D eigenvalue weighted by molar-refractivity contribution is -0.117. The number of ether oxygens (including phenoxy) is 2. The molecule has 1 saturated heterocycles. The van der Waals surface area contributed by atoms with E-state index in [2.05, 4.69) is 6.07 Å². The van der Waals surface area contributed by atoms with Crippen LogP contribution in [0.3, 0.4) is 0 Å². The quantitative estimate of drug-likeness (QED) is 0.597. The SMILES string of the molecule is COc1ccccc1N1C(=O)CCC1(C#N)c1ccccc1OCc1ccccc1. The summed E-state index contributed by atoms with van der Waals surface area (Å²) in [5, 5.41) is 10.4. The van der Waals surface area contributed by atoms with Gasteiger partial charge in [-0.2, -0.15) is 5.26 Å². The molecule has 1 aliphatic rings. The molecule has 150 valence electrons. The zero-order chi connectivity index (χ0) is 21.0. The van der Waals surface area contributed by atoms with Gasteiger partial charge < -0.3 is 9.47 Å². The fourth-order valence-corrected chi connectivity index (χ4v) is 3.97. The molecular formula is C25H22N2O3. The van der Waals surface area contributed by atoms with Gasteiger partial charge in [-0.3, -0.25) is 9.69 Å². The first kappa shape index (κ1) is 19.5. The Labute approximate surface area is 176 Å². The molecule has 0 bridgehead atoms. The lowest BCUT2D eigenvalue weighted by atomic mass is 9.87. The lowest BCUT2D eigenvalue weighted by Crippen LogP contribution is -2.43. The summed E-state index contributed by atoms with van der Waals surface area (Å²) in [6.45, 7) is 0.377. The highest BCUT2D eigenvalue weighted by Crippen LogP contribution is 2.47. The normalized spacial score (nSPS) is 18.1. The number of carbonyl (C=O) groups excluding carboxylic acids is 1. The first-order valence-corrected chi connectivity index (χ1v) is 9.83. The molecule has 0 spiro atoms. The molecule has 0 aliphatic carbocycles. The predicted molar refractivity (Wildman–Crippen MR) is 114 cm³/mol. The van der Waals surface area contributed by atoms with Gasteiger partial charge in [0.15, 0.2) is 5.54 Å². The highest BCUT2D eigenvalue weighted by Gasteiger charge is 2.50. The standard InChI is InChI=1S/C25H22N2O3/c1-29-23-14-8-6-12-21(23)27-24(28)15-16-25(27,18-26)20-11-5-7-13-22(20)30-17-19-9-3-2-4-10-19/h2-14H,15-17H2,1H3. The van der Waals surface area contributed by atoms with Gasteiger partial charge in [0.05, 0.1) is 18.9 Å². The topological polar surface area (TPSA) is 62.6 Å². The summed E-state index contributed by atoms with van der Waals surface area (Å²) >= 11 is 0. The van der Waals surface area contributed by atoms with Crippen LogP contribution in [0.4, 0.5) is 5.69 Å². The van der Waals surface area contributed by atoms with Crippen LogP contribution < -0.4 is 14.4 Å². The van der Waals surface area contributed by atoms with Crippen molar-refractivity contribution < 1.29 is 14.3 Å². The third kappa shape index (κ3) is 3.37. The molecule has 30 heavy (non-hydrogen) atoms. The van der Waals surface area contributed by atoms with Crippen molar-refractivity contribution in [2.24, 2.45) is 0 Å². The number of hydrogen-bond donors (Lipinski definition) is 0. The van der Waals surface area contributed by atoms with Crippen LogP contribution in [0, 0.1) is 11.3 Å². The molecule has 5 heteroatoms. The van der Waals surface area contributed by atoms with Gasteiger partial charge in [-0.15, -0.1) is 0 Å². The molecule has 1 heterocycles. The molecule has 0 radical (unpaired) electrons. The van der Waals surface area contributed by atoms with E-state index < -0.39 is 5.54 Å². The molecule has 1 unspecified atom stereocenters. The zero-order valence-electron chi connectivity index (χ0n) is 16.7. The van der Waals surface area contributed by atoms with Crippen molar-refractivity contribution in [2.45, 2.75) is 25.0 Å². The van der Waals surface area contributed by atoms with Crippen LogP contribution >= 0.6 is 0 Å². The molecule has 0 N–H and O–H groups in total. The van der Waals surface area contributed by atoms with Crippen LogP contribution in [0.5, 0.6) is 11.5 Å². The summed E-state index contributed by atoms with van der Waals surface area (Å²) in [6, 6.07) is 27.0. The molecule has 5 nitrogen and oxygen atoms in total. The van der Waals surface area contributed by atoms with E-state index in [1.807, 2.05) is 72.8 Å². The van der Waals surface area contributed by atoms with E-state index in [9.17, 15) is 10.1 Å². The van der Waals surface area contributed by atoms with Gasteiger partial charge in [-0.1, -0.05) is 60.7 Å². The maximum absolute atomic E-state index is 13.0. The molecule has 3 aromatic carbocycles. The molecule has 1 fully saturated rings. The van der Waals surface area contributed by atoms with Gasteiger partial charge in [-0.05, 0) is 30.2 Å². The van der Waals surface area contributed by atoms with Crippen LogP contribution in [0.1, 0.15) is 24.0 Å². The number of carbonyl (C=O) groups is 1. The zero-order valence-corrected chi connectivity index (χ0v) is 16.7. The minimum Gasteiger partial charge on any atom is -0.495 e. The number of benzene rings is 3. The smallest absolute Gasteiger partial charge is 0.228 e. The number of nitriles is 1. The molecule has 4 rings (SSSR count). The predicted octanol–water partition coefficient (Wildman–Crippen LogP) is 4.82. The van der Waals surface area contributed by atoms with E-state index in [4.69, 9.17) is 9.47 Å². The van der Waals surface area contributed by atoms with E-state index in [1.165, 1.54) is 0 Å². The van der Waals surface area contributed by atoms with Crippen LogP contribution in [0.2, 0.25) is 0 Å². The van der Waals surface area contributed by atoms with Gasteiger partial charge in [0, 0.05) is 12.0 Å². The number of methoxy groups -OCH3 is 1. The molecule has 1 atom stereocenters. The third-order valence-corrected chi connectivity index (χ3v) is 5.41. The fourth-order valence-electron chi connectivity index (χ4n) is 3.97. The van der Waals surface area contributed by atoms with E-state index >= 15 is 0 Å². The number of amides is 1. The van der Waals surface area contributed by atoms with Crippen molar-refractivity contribution >= 4 is 11.6 Å². The Bertz CT molecular complexity index is 1090. The molecule has 1 aliphatic heterocycles. The summed E-state index contributed by atoms with van der Waals surface area (Å²) in [5.74, 6) is 1.03. The number of nitrogens with zero attached hydrogens (tertiary/aromatic N) is 2. The Morgan fingerprint density at radius 1 is 0.967 bits per heavy atom. The fraction of sp³-hybridized carbons (Fsp3) is 0.200. The second kappa shape index (κ2) is 8.30. The average Bonchev–Trinajstić information content (AvgIpc) is 3.15. The van der Waals surface area contributed by atoms with E-state index in [-0.39, 0.29) is 12.3 Å². The van der Waals surface area contributed by atoms with Gasteiger partial charge in [0.25, 0.3) is 0 Å². The van der Waals surface area contributed by atoms with Crippen molar-refractivity contribution in [1.82, 2.24) is 0 Å². The van der Waals surface area contributed by atoms with Crippen molar-refractivity contribution in [1.29, 1.82) is 5.26 Å². The minimum absolute atomic E-state index is 0.112. The molecule has 3 aromatic rings. The molecule has 0 saturated carbocycles. The van der Waals surface area contributed by atoms with Crippen molar-refractivity contribution in [3.8, 4) is 17.6 Å². The number of anilines is 1. The molecule has 1 amide bonds. The largest absolute Gasteiger partial charge is 0.495 e. The second-order valence-corrected chi connectivity index (χ2v) is 7.14. The summed E-state index contributed by atoms with van der Waals surface area (Å²) in [5.41, 5.74) is 1.13.